The predicted octanol–water partition coefficient (Wildman–Crippen LogP) is 4.99. The third kappa shape index (κ3) is 3.80. The lowest BCUT2D eigenvalue weighted by atomic mass is 10.2. The van der Waals surface area contributed by atoms with E-state index >= 15 is 0 Å². The highest BCUT2D eigenvalue weighted by Gasteiger charge is 2.03. The minimum absolute atomic E-state index is 0.424. The Labute approximate surface area is 145 Å². The summed E-state index contributed by atoms with van der Waals surface area (Å²) in [4.78, 5) is 4.62. The van der Waals surface area contributed by atoms with Gasteiger partial charge in [0.2, 0.25) is 0 Å². The maximum Gasteiger partial charge on any atom is 0.284 e. The van der Waals surface area contributed by atoms with Gasteiger partial charge in [-0.15, -0.1) is 0 Å². The van der Waals surface area contributed by atoms with Crippen LogP contribution >= 0.6 is 0 Å². The van der Waals surface area contributed by atoms with E-state index in [0.29, 0.717) is 19.2 Å². The van der Waals surface area contributed by atoms with E-state index in [-0.39, 0.29) is 0 Å². The van der Waals surface area contributed by atoms with Crippen LogP contribution < -0.4 is 9.47 Å². The molecule has 0 N–H and O–H groups in total. The molecule has 0 aliphatic heterocycles. The average molecular weight is 331 g/mol. The summed E-state index contributed by atoms with van der Waals surface area (Å²) in [5.41, 5.74) is 2.89. The summed E-state index contributed by atoms with van der Waals surface area (Å²) in [5.74, 6) is 1.29. The quantitative estimate of drug-likeness (QED) is 0.499. The number of fused-ring (bicyclic) bond motifs is 1. The molecule has 0 radical (unpaired) electrons. The topological polar surface area (TPSA) is 44.5 Å². The molecule has 0 saturated carbocycles. The van der Waals surface area contributed by atoms with Gasteiger partial charge >= 0.3 is 0 Å². The molecule has 0 amide bonds. The second-order valence-corrected chi connectivity index (χ2v) is 5.65. The van der Waals surface area contributed by atoms with Crippen molar-refractivity contribution in [1.82, 2.24) is 4.98 Å². The first-order valence-electron chi connectivity index (χ1n) is 8.09. The van der Waals surface area contributed by atoms with Crippen molar-refractivity contribution < 1.29 is 13.9 Å². The molecule has 2 heterocycles. The van der Waals surface area contributed by atoms with Crippen LogP contribution in [0.1, 0.15) is 11.3 Å². The van der Waals surface area contributed by atoms with E-state index in [4.69, 9.17) is 13.9 Å². The molecule has 124 valence electrons. The summed E-state index contributed by atoms with van der Waals surface area (Å²) in [6.45, 7) is 0.853. The Morgan fingerprint density at radius 1 is 0.800 bits per heavy atom. The van der Waals surface area contributed by atoms with E-state index in [9.17, 15) is 0 Å². The lowest BCUT2D eigenvalue weighted by Crippen LogP contribution is -2.00. The van der Waals surface area contributed by atoms with E-state index in [2.05, 4.69) is 17.1 Å². The number of rotatable bonds is 6. The molecule has 25 heavy (non-hydrogen) atoms. The number of aromatic nitrogens is 1. The molecule has 0 saturated heterocycles. The third-order valence-electron chi connectivity index (χ3n) is 3.82. The first kappa shape index (κ1) is 15.3. The maximum atomic E-state index is 5.88. The molecule has 0 fully saturated rings. The SMILES string of the molecule is c1cc(COc2ccco2)cc(OCc2ccc3ccccc3n2)c1. The minimum atomic E-state index is 0.424. The van der Waals surface area contributed by atoms with Crippen LogP contribution in [-0.2, 0) is 13.2 Å². The molecular weight excluding hydrogens is 314 g/mol. The number of para-hydroxylation sites is 1. The van der Waals surface area contributed by atoms with Gasteiger partial charge in [-0.25, -0.2) is 4.98 Å². The normalized spacial score (nSPS) is 10.7. The van der Waals surface area contributed by atoms with E-state index in [1.54, 1.807) is 18.4 Å². The molecule has 4 aromatic rings. The molecule has 0 bridgehead atoms. The van der Waals surface area contributed by atoms with Crippen molar-refractivity contribution in [2.75, 3.05) is 0 Å². The Balaban J connectivity index is 1.40. The Morgan fingerprint density at radius 2 is 1.76 bits per heavy atom. The molecule has 0 atom stereocenters. The molecule has 2 aromatic carbocycles. The average Bonchev–Trinajstić information content (AvgIpc) is 3.19. The molecule has 0 aliphatic rings. The van der Waals surface area contributed by atoms with Crippen LogP contribution in [0, 0.1) is 0 Å². The van der Waals surface area contributed by atoms with Gasteiger partial charge in [0.15, 0.2) is 0 Å². The third-order valence-corrected chi connectivity index (χ3v) is 3.82. The van der Waals surface area contributed by atoms with E-state index in [1.165, 1.54) is 0 Å². The van der Waals surface area contributed by atoms with Crippen LogP contribution in [-0.4, -0.2) is 4.98 Å². The highest BCUT2D eigenvalue weighted by Crippen LogP contribution is 2.18. The zero-order chi connectivity index (χ0) is 16.9. The number of benzene rings is 2. The predicted molar refractivity (Wildman–Crippen MR) is 95.6 cm³/mol. The Bertz CT molecular complexity index is 964. The second-order valence-electron chi connectivity index (χ2n) is 5.65. The Morgan fingerprint density at radius 3 is 2.68 bits per heavy atom. The molecule has 4 rings (SSSR count). The van der Waals surface area contributed by atoms with Gasteiger partial charge in [0, 0.05) is 11.5 Å². The standard InChI is InChI=1S/C21H17NO3/c1-2-8-20-17(6-1)10-11-18(22-20)15-24-19-7-3-5-16(13-19)14-25-21-9-4-12-23-21/h1-13H,14-15H2. The fourth-order valence-corrected chi connectivity index (χ4v) is 2.57. The van der Waals surface area contributed by atoms with E-state index in [1.807, 2.05) is 48.5 Å². The first-order valence-corrected chi connectivity index (χ1v) is 8.09. The number of hydrogen-bond acceptors (Lipinski definition) is 4. The summed E-state index contributed by atoms with van der Waals surface area (Å²) in [7, 11) is 0. The van der Waals surface area contributed by atoms with Crippen molar-refractivity contribution in [3.8, 4) is 11.7 Å². The molecule has 0 unspecified atom stereocenters. The van der Waals surface area contributed by atoms with Gasteiger partial charge in [0.25, 0.3) is 5.95 Å². The summed E-state index contributed by atoms with van der Waals surface area (Å²) in [5, 5.41) is 1.13. The molecular formula is C21H17NO3. The van der Waals surface area contributed by atoms with Gasteiger partial charge in [0.1, 0.15) is 19.0 Å². The highest BCUT2D eigenvalue weighted by atomic mass is 16.6. The Kier molecular flexibility index (Phi) is 4.33. The molecule has 2 aromatic heterocycles. The number of hydrogen-bond donors (Lipinski definition) is 0. The summed E-state index contributed by atoms with van der Waals surface area (Å²) < 4.78 is 16.6. The van der Waals surface area contributed by atoms with Crippen LogP contribution in [0.2, 0.25) is 0 Å². The van der Waals surface area contributed by atoms with Crippen LogP contribution in [0.15, 0.2) is 83.5 Å². The minimum Gasteiger partial charge on any atom is -0.487 e. The van der Waals surface area contributed by atoms with Crippen LogP contribution in [0.4, 0.5) is 0 Å². The van der Waals surface area contributed by atoms with Crippen LogP contribution in [0.3, 0.4) is 0 Å². The number of furan rings is 1. The van der Waals surface area contributed by atoms with Crippen molar-refractivity contribution in [2.45, 2.75) is 13.2 Å². The lowest BCUT2D eigenvalue weighted by molar-refractivity contribution is 0.231. The number of nitrogens with zero attached hydrogens (tertiary/aromatic N) is 1. The molecule has 0 aliphatic carbocycles. The van der Waals surface area contributed by atoms with E-state index in [0.717, 1.165) is 27.9 Å². The zero-order valence-corrected chi connectivity index (χ0v) is 13.6. The van der Waals surface area contributed by atoms with Crippen molar-refractivity contribution in [2.24, 2.45) is 0 Å². The summed E-state index contributed by atoms with van der Waals surface area (Å²) >= 11 is 0. The van der Waals surface area contributed by atoms with Crippen LogP contribution in [0.5, 0.6) is 11.7 Å². The zero-order valence-electron chi connectivity index (χ0n) is 13.6. The fourth-order valence-electron chi connectivity index (χ4n) is 2.57. The maximum absolute atomic E-state index is 5.88. The van der Waals surface area contributed by atoms with Gasteiger partial charge in [-0.1, -0.05) is 36.4 Å². The summed E-state index contributed by atoms with van der Waals surface area (Å²) in [6.07, 6.45) is 1.59. The fraction of sp³-hybridized carbons (Fsp3) is 0.0952. The van der Waals surface area contributed by atoms with Crippen LogP contribution in [0.25, 0.3) is 10.9 Å². The van der Waals surface area contributed by atoms with Crippen molar-refractivity contribution >= 4 is 10.9 Å². The molecule has 4 heteroatoms. The monoisotopic (exact) mass is 331 g/mol. The van der Waals surface area contributed by atoms with Gasteiger partial charge in [-0.3, -0.25) is 0 Å². The van der Waals surface area contributed by atoms with Crippen molar-refractivity contribution in [3.63, 3.8) is 0 Å². The lowest BCUT2D eigenvalue weighted by Gasteiger charge is -2.09. The number of pyridine rings is 1. The second kappa shape index (κ2) is 7.09. The smallest absolute Gasteiger partial charge is 0.284 e. The molecule has 4 nitrogen and oxygen atoms in total. The first-order chi connectivity index (χ1) is 12.4. The van der Waals surface area contributed by atoms with E-state index < -0.39 is 0 Å². The highest BCUT2D eigenvalue weighted by molar-refractivity contribution is 5.78. The van der Waals surface area contributed by atoms with Crippen molar-refractivity contribution in [1.29, 1.82) is 0 Å². The van der Waals surface area contributed by atoms with Gasteiger partial charge in [-0.2, -0.15) is 0 Å². The Hall–Kier alpha value is -3.27. The van der Waals surface area contributed by atoms with Gasteiger partial charge < -0.3 is 13.9 Å². The van der Waals surface area contributed by atoms with Gasteiger partial charge in [0.05, 0.1) is 17.5 Å². The van der Waals surface area contributed by atoms with Crippen molar-refractivity contribution in [3.05, 3.63) is 90.3 Å². The number of ether oxygens (including phenoxy) is 2. The largest absolute Gasteiger partial charge is 0.487 e. The van der Waals surface area contributed by atoms with Gasteiger partial charge in [-0.05, 0) is 35.9 Å². The summed E-state index contributed by atoms with van der Waals surface area (Å²) in [6, 6.07) is 23.5. The molecule has 0 spiro atoms.